The molecule has 0 amide bonds. The molecule has 102 valence electrons. The third-order valence-corrected chi connectivity index (χ3v) is 2.99. The number of carbonyl (C=O) groups excluding carboxylic acids is 1. The maximum Gasteiger partial charge on any atom is 0.280 e. The summed E-state index contributed by atoms with van der Waals surface area (Å²) in [5.41, 5.74) is -0.366. The minimum atomic E-state index is -0.639. The molecule has 0 atom stereocenters. The number of aldehydes is 1. The molecule has 0 fully saturated rings. The molecule has 7 heteroatoms. The first-order valence-corrected chi connectivity index (χ1v) is 6.13. The summed E-state index contributed by atoms with van der Waals surface area (Å²) in [7, 11) is 0. The third-order valence-electron chi connectivity index (χ3n) is 2.44. The van der Waals surface area contributed by atoms with Crippen molar-refractivity contribution in [2.24, 2.45) is 0 Å². The number of benzene rings is 2. The van der Waals surface area contributed by atoms with Crippen molar-refractivity contribution in [3.8, 4) is 11.5 Å². The molecule has 0 bridgehead atoms. The molecule has 0 unspecified atom stereocenters. The maximum atomic E-state index is 10.9. The molecule has 2 aromatic carbocycles. The van der Waals surface area contributed by atoms with Crippen LogP contribution in [0, 0.1) is 10.1 Å². The van der Waals surface area contributed by atoms with Crippen molar-refractivity contribution in [1.29, 1.82) is 0 Å². The Morgan fingerprint density at radius 3 is 2.55 bits per heavy atom. The Labute approximate surface area is 123 Å². The number of halogens is 2. The predicted octanol–water partition coefficient (Wildman–Crippen LogP) is 4.51. The van der Waals surface area contributed by atoms with E-state index in [4.69, 9.17) is 27.9 Å². The van der Waals surface area contributed by atoms with E-state index in [1.165, 1.54) is 24.3 Å². The van der Waals surface area contributed by atoms with E-state index in [0.29, 0.717) is 22.1 Å². The monoisotopic (exact) mass is 311 g/mol. The first-order valence-electron chi connectivity index (χ1n) is 5.38. The molecule has 0 spiro atoms. The second kappa shape index (κ2) is 5.90. The van der Waals surface area contributed by atoms with Crippen LogP contribution in [0.2, 0.25) is 10.0 Å². The Kier molecular flexibility index (Phi) is 4.22. The molecular weight excluding hydrogens is 305 g/mol. The summed E-state index contributed by atoms with van der Waals surface area (Å²) in [5.74, 6) is 0.548. The zero-order valence-electron chi connectivity index (χ0n) is 9.88. The summed E-state index contributed by atoms with van der Waals surface area (Å²) >= 11 is 11.8. The van der Waals surface area contributed by atoms with Gasteiger partial charge in [-0.15, -0.1) is 0 Å². The second-order valence-electron chi connectivity index (χ2n) is 3.77. The van der Waals surface area contributed by atoms with Crippen molar-refractivity contribution in [1.82, 2.24) is 0 Å². The van der Waals surface area contributed by atoms with Crippen LogP contribution >= 0.6 is 23.2 Å². The van der Waals surface area contributed by atoms with Crippen LogP contribution < -0.4 is 4.74 Å². The highest BCUT2D eigenvalue weighted by atomic mass is 35.5. The lowest BCUT2D eigenvalue weighted by atomic mass is 10.2. The highest BCUT2D eigenvalue weighted by Crippen LogP contribution is 2.33. The smallest absolute Gasteiger partial charge is 0.280 e. The molecule has 2 aromatic rings. The van der Waals surface area contributed by atoms with Gasteiger partial charge in [0.2, 0.25) is 0 Å². The topological polar surface area (TPSA) is 69.4 Å². The predicted molar refractivity (Wildman–Crippen MR) is 75.0 cm³/mol. The minimum absolute atomic E-state index is 0.0781. The van der Waals surface area contributed by atoms with Gasteiger partial charge in [-0.25, -0.2) is 0 Å². The summed E-state index contributed by atoms with van der Waals surface area (Å²) in [4.78, 5) is 20.9. The molecule has 0 aliphatic rings. The van der Waals surface area contributed by atoms with Crippen molar-refractivity contribution in [3.05, 3.63) is 62.1 Å². The lowest BCUT2D eigenvalue weighted by molar-refractivity contribution is -0.385. The standard InChI is InChI=1S/C13H7Cl2NO4/c14-9-1-3-11(15)13(6-9)20-10-2-4-12(16(18)19)8(5-10)7-17/h1-7H. The Morgan fingerprint density at radius 2 is 1.90 bits per heavy atom. The zero-order valence-corrected chi connectivity index (χ0v) is 11.4. The first kappa shape index (κ1) is 14.3. The van der Waals surface area contributed by atoms with E-state index < -0.39 is 4.92 Å². The Bertz CT molecular complexity index is 688. The van der Waals surface area contributed by atoms with Crippen molar-refractivity contribution in [2.45, 2.75) is 0 Å². The Hall–Kier alpha value is -2.11. The lowest BCUT2D eigenvalue weighted by Crippen LogP contribution is -1.95. The van der Waals surface area contributed by atoms with E-state index in [0.717, 1.165) is 0 Å². The number of nitrogens with zero attached hydrogens (tertiary/aromatic N) is 1. The number of hydrogen-bond acceptors (Lipinski definition) is 4. The van der Waals surface area contributed by atoms with Gasteiger partial charge in [-0.05, 0) is 24.3 Å². The van der Waals surface area contributed by atoms with Gasteiger partial charge in [-0.1, -0.05) is 23.2 Å². The Morgan fingerprint density at radius 1 is 1.15 bits per heavy atom. The van der Waals surface area contributed by atoms with E-state index in [9.17, 15) is 14.9 Å². The van der Waals surface area contributed by atoms with E-state index in [-0.39, 0.29) is 17.0 Å². The van der Waals surface area contributed by atoms with Crippen LogP contribution in [0.3, 0.4) is 0 Å². The average Bonchev–Trinajstić information content (AvgIpc) is 2.42. The molecule has 0 heterocycles. The van der Waals surface area contributed by atoms with Gasteiger partial charge in [0.15, 0.2) is 6.29 Å². The lowest BCUT2D eigenvalue weighted by Gasteiger charge is -2.08. The number of hydrogen-bond donors (Lipinski definition) is 0. The molecule has 0 N–H and O–H groups in total. The van der Waals surface area contributed by atoms with E-state index in [1.807, 2.05) is 0 Å². The summed E-state index contributed by atoms with van der Waals surface area (Å²) < 4.78 is 5.47. The second-order valence-corrected chi connectivity index (χ2v) is 4.62. The largest absolute Gasteiger partial charge is 0.456 e. The van der Waals surface area contributed by atoms with E-state index in [1.54, 1.807) is 12.1 Å². The van der Waals surface area contributed by atoms with Gasteiger partial charge in [0.25, 0.3) is 5.69 Å². The van der Waals surface area contributed by atoms with Gasteiger partial charge in [0.05, 0.1) is 15.5 Å². The van der Waals surface area contributed by atoms with Crippen molar-refractivity contribution < 1.29 is 14.5 Å². The normalized spacial score (nSPS) is 10.1. The van der Waals surface area contributed by atoms with Crippen LogP contribution in [0.15, 0.2) is 36.4 Å². The van der Waals surface area contributed by atoms with Crippen LogP contribution in [0.4, 0.5) is 5.69 Å². The molecule has 0 aromatic heterocycles. The highest BCUT2D eigenvalue weighted by molar-refractivity contribution is 6.34. The zero-order chi connectivity index (χ0) is 14.7. The van der Waals surface area contributed by atoms with Crippen molar-refractivity contribution >= 4 is 35.2 Å². The van der Waals surface area contributed by atoms with Crippen LogP contribution in [0.5, 0.6) is 11.5 Å². The summed E-state index contributed by atoms with van der Waals surface area (Å²) in [5, 5.41) is 11.5. The fourth-order valence-electron chi connectivity index (χ4n) is 1.54. The molecule has 2 rings (SSSR count). The van der Waals surface area contributed by atoms with Gasteiger partial charge in [-0.2, -0.15) is 0 Å². The number of nitro benzene ring substituents is 1. The first-order chi connectivity index (χ1) is 9.51. The molecule has 0 saturated carbocycles. The fraction of sp³-hybridized carbons (Fsp3) is 0. The van der Waals surface area contributed by atoms with Crippen LogP contribution in [0.25, 0.3) is 0 Å². The molecule has 0 aliphatic heterocycles. The van der Waals surface area contributed by atoms with E-state index >= 15 is 0 Å². The SMILES string of the molecule is O=Cc1cc(Oc2cc(Cl)ccc2Cl)ccc1[N+](=O)[O-]. The quantitative estimate of drug-likeness (QED) is 0.473. The van der Waals surface area contributed by atoms with E-state index in [2.05, 4.69) is 0 Å². The molecule has 0 aliphatic carbocycles. The fourth-order valence-corrected chi connectivity index (χ4v) is 1.86. The van der Waals surface area contributed by atoms with Crippen LogP contribution in [0.1, 0.15) is 10.4 Å². The van der Waals surface area contributed by atoms with Gasteiger partial charge >= 0.3 is 0 Å². The van der Waals surface area contributed by atoms with Crippen LogP contribution in [-0.4, -0.2) is 11.2 Å². The van der Waals surface area contributed by atoms with Gasteiger partial charge < -0.3 is 4.74 Å². The van der Waals surface area contributed by atoms with Crippen molar-refractivity contribution in [2.75, 3.05) is 0 Å². The number of rotatable bonds is 4. The summed E-state index contributed by atoms with van der Waals surface area (Å²) in [6.45, 7) is 0. The molecule has 5 nitrogen and oxygen atoms in total. The molecular formula is C13H7Cl2NO4. The van der Waals surface area contributed by atoms with Gasteiger partial charge in [0, 0.05) is 17.2 Å². The summed E-state index contributed by atoms with van der Waals surface area (Å²) in [6.07, 6.45) is 0.393. The van der Waals surface area contributed by atoms with Crippen molar-refractivity contribution in [3.63, 3.8) is 0 Å². The van der Waals surface area contributed by atoms with Crippen LogP contribution in [-0.2, 0) is 0 Å². The maximum absolute atomic E-state index is 10.9. The Balaban J connectivity index is 2.37. The summed E-state index contributed by atoms with van der Waals surface area (Å²) in [6, 6.07) is 8.50. The minimum Gasteiger partial charge on any atom is -0.456 e. The van der Waals surface area contributed by atoms with Gasteiger partial charge in [0.1, 0.15) is 11.5 Å². The van der Waals surface area contributed by atoms with Gasteiger partial charge in [-0.3, -0.25) is 14.9 Å². The molecule has 0 saturated heterocycles. The number of ether oxygens (including phenoxy) is 1. The number of carbonyl (C=O) groups is 1. The average molecular weight is 312 g/mol. The third kappa shape index (κ3) is 3.07. The molecule has 0 radical (unpaired) electrons. The molecule has 20 heavy (non-hydrogen) atoms. The number of nitro groups is 1. The highest BCUT2D eigenvalue weighted by Gasteiger charge is 2.14.